The van der Waals surface area contributed by atoms with Crippen molar-refractivity contribution in [1.29, 1.82) is 0 Å². The van der Waals surface area contributed by atoms with E-state index in [2.05, 4.69) is 13.8 Å². The molecule has 116 valence electrons. The molecule has 1 aliphatic rings. The van der Waals surface area contributed by atoms with Crippen LogP contribution in [0.1, 0.15) is 41.5 Å². The van der Waals surface area contributed by atoms with E-state index in [0.29, 0.717) is 5.92 Å². The molecule has 0 spiro atoms. The zero-order chi connectivity index (χ0) is 15.4. The average Bonchev–Trinajstić information content (AvgIpc) is 2.32. The Labute approximate surface area is 121 Å². The molecule has 5 nitrogen and oxygen atoms in total. The fourth-order valence-corrected chi connectivity index (χ4v) is 2.89. The third kappa shape index (κ3) is 4.20. The highest BCUT2D eigenvalue weighted by molar-refractivity contribution is 5.66. The molecule has 1 heterocycles. The van der Waals surface area contributed by atoms with Gasteiger partial charge in [0.25, 0.3) is 0 Å². The monoisotopic (exact) mass is 286 g/mol. The van der Waals surface area contributed by atoms with Gasteiger partial charge < -0.3 is 14.2 Å². The van der Waals surface area contributed by atoms with Crippen molar-refractivity contribution in [2.24, 2.45) is 17.8 Å². The standard InChI is InChI=1S/C15H26O5/c1-8(2)14-10(4)15(19-12(6)17)9(3)13(20-14)7-18-11(5)16/h8-10,13-15H,7H2,1-6H3/t9-,10-,13-,14?,15+/m0/s1. The van der Waals surface area contributed by atoms with Gasteiger partial charge in [-0.1, -0.05) is 27.7 Å². The molecular formula is C15H26O5. The largest absolute Gasteiger partial charge is 0.463 e. The van der Waals surface area contributed by atoms with Crippen LogP contribution in [-0.2, 0) is 23.8 Å². The summed E-state index contributed by atoms with van der Waals surface area (Å²) in [5.74, 6) is -0.213. The molecule has 1 rings (SSSR count). The van der Waals surface area contributed by atoms with Crippen LogP contribution in [0.15, 0.2) is 0 Å². The maximum atomic E-state index is 11.3. The minimum Gasteiger partial charge on any atom is -0.463 e. The number of carbonyl (C=O) groups is 2. The van der Waals surface area contributed by atoms with Crippen molar-refractivity contribution >= 4 is 11.9 Å². The summed E-state index contributed by atoms with van der Waals surface area (Å²) in [6, 6.07) is 0. The summed E-state index contributed by atoms with van der Waals surface area (Å²) in [6.45, 7) is 11.1. The Hall–Kier alpha value is -1.10. The van der Waals surface area contributed by atoms with Crippen LogP contribution in [0.2, 0.25) is 0 Å². The highest BCUT2D eigenvalue weighted by Crippen LogP contribution is 2.35. The number of carbonyl (C=O) groups excluding carboxylic acids is 2. The molecule has 0 aromatic rings. The van der Waals surface area contributed by atoms with Gasteiger partial charge in [0, 0.05) is 25.7 Å². The SMILES string of the molecule is CC(=O)OC[C@@H]1OC(C(C)C)[C@H](C)[C@H](OC(C)=O)[C@H]1C. The molecule has 0 saturated carbocycles. The number of hydrogen-bond donors (Lipinski definition) is 0. The van der Waals surface area contributed by atoms with Crippen LogP contribution >= 0.6 is 0 Å². The zero-order valence-electron chi connectivity index (χ0n) is 13.2. The Bertz CT molecular complexity index is 352. The van der Waals surface area contributed by atoms with E-state index < -0.39 is 0 Å². The third-order valence-corrected chi connectivity index (χ3v) is 3.88. The smallest absolute Gasteiger partial charge is 0.302 e. The van der Waals surface area contributed by atoms with E-state index in [4.69, 9.17) is 14.2 Å². The summed E-state index contributed by atoms with van der Waals surface area (Å²) in [5, 5.41) is 0. The Morgan fingerprint density at radius 3 is 2.15 bits per heavy atom. The molecule has 1 aliphatic heterocycles. The molecule has 20 heavy (non-hydrogen) atoms. The predicted molar refractivity (Wildman–Crippen MR) is 74.0 cm³/mol. The van der Waals surface area contributed by atoms with Crippen LogP contribution < -0.4 is 0 Å². The van der Waals surface area contributed by atoms with Gasteiger partial charge in [-0.3, -0.25) is 9.59 Å². The van der Waals surface area contributed by atoms with E-state index >= 15 is 0 Å². The van der Waals surface area contributed by atoms with Crippen LogP contribution in [0, 0.1) is 17.8 Å². The highest BCUT2D eigenvalue weighted by atomic mass is 16.6. The van der Waals surface area contributed by atoms with Crippen molar-refractivity contribution in [3.8, 4) is 0 Å². The lowest BCUT2D eigenvalue weighted by atomic mass is 9.79. The van der Waals surface area contributed by atoms with Gasteiger partial charge in [-0.15, -0.1) is 0 Å². The average molecular weight is 286 g/mol. The first kappa shape index (κ1) is 17.0. The third-order valence-electron chi connectivity index (χ3n) is 3.88. The van der Waals surface area contributed by atoms with Gasteiger partial charge >= 0.3 is 11.9 Å². The van der Waals surface area contributed by atoms with Gasteiger partial charge in [-0.05, 0) is 5.92 Å². The van der Waals surface area contributed by atoms with Crippen molar-refractivity contribution in [1.82, 2.24) is 0 Å². The minimum absolute atomic E-state index is 0.0109. The van der Waals surface area contributed by atoms with E-state index in [-0.39, 0.29) is 48.7 Å². The number of ether oxygens (including phenoxy) is 3. The van der Waals surface area contributed by atoms with Gasteiger partial charge in [0.05, 0.1) is 12.2 Å². The maximum Gasteiger partial charge on any atom is 0.302 e. The summed E-state index contributed by atoms with van der Waals surface area (Å²) in [7, 11) is 0. The van der Waals surface area contributed by atoms with Crippen molar-refractivity contribution in [3.05, 3.63) is 0 Å². The number of hydrogen-bond acceptors (Lipinski definition) is 5. The van der Waals surface area contributed by atoms with E-state index in [1.54, 1.807) is 0 Å². The zero-order valence-corrected chi connectivity index (χ0v) is 13.2. The Morgan fingerprint density at radius 2 is 1.70 bits per heavy atom. The first-order valence-electron chi connectivity index (χ1n) is 7.20. The molecule has 0 amide bonds. The first-order valence-corrected chi connectivity index (χ1v) is 7.20. The van der Waals surface area contributed by atoms with Gasteiger partial charge in [0.2, 0.25) is 0 Å². The summed E-state index contributed by atoms with van der Waals surface area (Å²) in [6.07, 6.45) is -0.475. The fraction of sp³-hybridized carbons (Fsp3) is 0.867. The molecule has 1 fully saturated rings. The fourth-order valence-electron chi connectivity index (χ4n) is 2.89. The lowest BCUT2D eigenvalue weighted by Crippen LogP contribution is -2.53. The Balaban J connectivity index is 2.85. The quantitative estimate of drug-likeness (QED) is 0.741. The molecule has 5 heteroatoms. The number of rotatable bonds is 4. The summed E-state index contributed by atoms with van der Waals surface area (Å²) < 4.78 is 16.6. The second-order valence-electron chi connectivity index (χ2n) is 5.98. The first-order chi connectivity index (χ1) is 9.23. The van der Waals surface area contributed by atoms with Crippen LogP contribution in [-0.4, -0.2) is 36.9 Å². The van der Waals surface area contributed by atoms with Crippen molar-refractivity contribution < 1.29 is 23.8 Å². The molecule has 0 aromatic heterocycles. The predicted octanol–water partition coefficient (Wildman–Crippen LogP) is 2.18. The molecule has 1 saturated heterocycles. The van der Waals surface area contributed by atoms with Gasteiger partial charge in [0.1, 0.15) is 12.7 Å². The lowest BCUT2D eigenvalue weighted by Gasteiger charge is -2.45. The van der Waals surface area contributed by atoms with Crippen LogP contribution in [0.5, 0.6) is 0 Å². The molecule has 0 N–H and O–H groups in total. The molecule has 0 aliphatic carbocycles. The van der Waals surface area contributed by atoms with Crippen LogP contribution in [0.3, 0.4) is 0 Å². The topological polar surface area (TPSA) is 61.8 Å². The molecular weight excluding hydrogens is 260 g/mol. The molecule has 5 atom stereocenters. The van der Waals surface area contributed by atoms with Gasteiger partial charge in [-0.25, -0.2) is 0 Å². The van der Waals surface area contributed by atoms with E-state index in [1.165, 1.54) is 13.8 Å². The molecule has 0 radical (unpaired) electrons. The second-order valence-corrected chi connectivity index (χ2v) is 5.98. The van der Waals surface area contributed by atoms with E-state index in [9.17, 15) is 9.59 Å². The minimum atomic E-state index is -0.329. The number of esters is 2. The van der Waals surface area contributed by atoms with Crippen LogP contribution in [0.4, 0.5) is 0 Å². The summed E-state index contributed by atoms with van der Waals surface area (Å²) in [4.78, 5) is 22.3. The van der Waals surface area contributed by atoms with E-state index in [1.807, 2.05) is 13.8 Å². The molecule has 0 bridgehead atoms. The van der Waals surface area contributed by atoms with Gasteiger partial charge in [0.15, 0.2) is 0 Å². The van der Waals surface area contributed by atoms with Crippen molar-refractivity contribution in [2.75, 3.05) is 6.61 Å². The normalized spacial score (nSPS) is 33.9. The summed E-state index contributed by atoms with van der Waals surface area (Å²) >= 11 is 0. The Kier molecular flexibility index (Phi) is 5.99. The van der Waals surface area contributed by atoms with Crippen LogP contribution in [0.25, 0.3) is 0 Å². The molecule has 0 aromatic carbocycles. The second kappa shape index (κ2) is 7.07. The summed E-state index contributed by atoms with van der Waals surface area (Å²) in [5.41, 5.74) is 0. The van der Waals surface area contributed by atoms with Crippen molar-refractivity contribution in [3.63, 3.8) is 0 Å². The molecule has 1 unspecified atom stereocenters. The van der Waals surface area contributed by atoms with E-state index in [0.717, 1.165) is 0 Å². The lowest BCUT2D eigenvalue weighted by molar-refractivity contribution is -0.207. The highest BCUT2D eigenvalue weighted by Gasteiger charge is 2.44. The van der Waals surface area contributed by atoms with Crippen molar-refractivity contribution in [2.45, 2.75) is 59.9 Å². The van der Waals surface area contributed by atoms with Gasteiger partial charge in [-0.2, -0.15) is 0 Å². The Morgan fingerprint density at radius 1 is 1.10 bits per heavy atom. The maximum absolute atomic E-state index is 11.3.